The second kappa shape index (κ2) is 7.45. The topological polar surface area (TPSA) is 82.9 Å². The highest BCUT2D eigenvalue weighted by Crippen LogP contribution is 2.32. The van der Waals surface area contributed by atoms with Crippen molar-refractivity contribution >= 4 is 17.8 Å². The molecule has 0 bridgehead atoms. The first-order valence-electron chi connectivity index (χ1n) is 9.23. The zero-order valence-corrected chi connectivity index (χ0v) is 15.4. The standard InChI is InChI=1S/C19H26N4O3/c1-14-8-4-5-9-15(14)12-22(2)13-16(24)21-23-17(25)19(20-18(23)26)10-6-3-7-11-19/h4-5,8-9H,3,6-7,10-13H2,1-2H3,(H,20,26)(H,21,24)/p+1. The van der Waals surface area contributed by atoms with E-state index in [2.05, 4.69) is 10.7 Å². The van der Waals surface area contributed by atoms with Gasteiger partial charge in [0.2, 0.25) is 0 Å². The van der Waals surface area contributed by atoms with Crippen molar-refractivity contribution in [2.24, 2.45) is 0 Å². The average molecular weight is 359 g/mol. The fourth-order valence-electron chi connectivity index (χ4n) is 3.85. The van der Waals surface area contributed by atoms with Crippen molar-refractivity contribution in [2.75, 3.05) is 13.6 Å². The molecule has 4 amide bonds. The van der Waals surface area contributed by atoms with Gasteiger partial charge in [-0.15, -0.1) is 0 Å². The third kappa shape index (κ3) is 3.72. The molecule has 3 N–H and O–H groups in total. The van der Waals surface area contributed by atoms with E-state index in [9.17, 15) is 14.4 Å². The lowest BCUT2D eigenvalue weighted by Gasteiger charge is -2.30. The van der Waals surface area contributed by atoms with Crippen molar-refractivity contribution in [1.29, 1.82) is 0 Å². The lowest BCUT2D eigenvalue weighted by atomic mass is 9.82. The largest absolute Gasteiger partial charge is 0.344 e. The average Bonchev–Trinajstić information content (AvgIpc) is 2.81. The van der Waals surface area contributed by atoms with E-state index in [4.69, 9.17) is 0 Å². The molecule has 1 atom stereocenters. The lowest BCUT2D eigenvalue weighted by Crippen LogP contribution is -3.09. The van der Waals surface area contributed by atoms with Crippen molar-refractivity contribution in [2.45, 2.75) is 51.1 Å². The van der Waals surface area contributed by atoms with Crippen LogP contribution in [-0.4, -0.2) is 42.0 Å². The second-order valence-corrected chi connectivity index (χ2v) is 7.49. The molecule has 1 aliphatic carbocycles. The van der Waals surface area contributed by atoms with Crippen molar-refractivity contribution in [1.82, 2.24) is 15.8 Å². The molecular formula is C19H27N4O3+. The van der Waals surface area contributed by atoms with Gasteiger partial charge in [-0.05, 0) is 25.3 Å². The molecule has 1 aromatic rings. The number of hydrogen-bond acceptors (Lipinski definition) is 3. The first-order chi connectivity index (χ1) is 12.4. The predicted molar refractivity (Wildman–Crippen MR) is 96.0 cm³/mol. The number of rotatable bonds is 5. The van der Waals surface area contributed by atoms with Crippen LogP contribution >= 0.6 is 0 Å². The Balaban J connectivity index is 1.57. The minimum atomic E-state index is -0.817. The van der Waals surface area contributed by atoms with Gasteiger partial charge >= 0.3 is 6.03 Å². The zero-order valence-electron chi connectivity index (χ0n) is 15.4. The van der Waals surface area contributed by atoms with E-state index in [0.29, 0.717) is 19.4 Å². The van der Waals surface area contributed by atoms with Crippen LogP contribution in [0, 0.1) is 6.92 Å². The van der Waals surface area contributed by atoms with Gasteiger partial charge in [-0.2, -0.15) is 5.01 Å². The van der Waals surface area contributed by atoms with Crippen LogP contribution in [0.2, 0.25) is 0 Å². The van der Waals surface area contributed by atoms with E-state index >= 15 is 0 Å². The van der Waals surface area contributed by atoms with Crippen LogP contribution in [0.1, 0.15) is 43.2 Å². The van der Waals surface area contributed by atoms with E-state index < -0.39 is 11.6 Å². The SMILES string of the molecule is Cc1ccccc1C[NH+](C)CC(=O)NN1C(=O)NC2(CCCCC2)C1=O. The molecule has 7 nitrogen and oxygen atoms in total. The van der Waals surface area contributed by atoms with Gasteiger partial charge in [0.1, 0.15) is 12.1 Å². The summed E-state index contributed by atoms with van der Waals surface area (Å²) in [6.07, 6.45) is 4.18. The van der Waals surface area contributed by atoms with Gasteiger partial charge in [0.05, 0.1) is 7.05 Å². The molecule has 140 valence electrons. The maximum atomic E-state index is 12.7. The number of hydrogen-bond donors (Lipinski definition) is 3. The number of quaternary nitrogens is 1. The molecule has 1 aromatic carbocycles. The first kappa shape index (κ1) is 18.4. The highest BCUT2D eigenvalue weighted by Gasteiger charge is 2.52. The summed E-state index contributed by atoms with van der Waals surface area (Å²) in [4.78, 5) is 38.2. The molecule has 0 aromatic heterocycles. The van der Waals surface area contributed by atoms with Gasteiger partial charge in [-0.3, -0.25) is 15.0 Å². The Labute approximate surface area is 153 Å². The molecule has 1 saturated heterocycles. The Kier molecular flexibility index (Phi) is 5.27. The minimum absolute atomic E-state index is 0.179. The maximum absolute atomic E-state index is 12.7. The third-order valence-corrected chi connectivity index (χ3v) is 5.32. The van der Waals surface area contributed by atoms with Crippen molar-refractivity contribution < 1.29 is 19.3 Å². The summed E-state index contributed by atoms with van der Waals surface area (Å²) in [5.74, 6) is -0.667. The quantitative estimate of drug-likeness (QED) is 0.661. The minimum Gasteiger partial charge on any atom is -0.326 e. The maximum Gasteiger partial charge on any atom is 0.344 e. The van der Waals surface area contributed by atoms with E-state index in [1.165, 1.54) is 11.1 Å². The van der Waals surface area contributed by atoms with Crippen molar-refractivity contribution in [3.05, 3.63) is 35.4 Å². The number of imide groups is 1. The molecule has 2 aliphatic rings. The normalized spacial score (nSPS) is 20.2. The second-order valence-electron chi connectivity index (χ2n) is 7.49. The number of nitrogens with zero attached hydrogens (tertiary/aromatic N) is 1. The first-order valence-corrected chi connectivity index (χ1v) is 9.23. The summed E-state index contributed by atoms with van der Waals surface area (Å²) < 4.78 is 0. The van der Waals surface area contributed by atoms with Gasteiger partial charge in [0, 0.05) is 5.56 Å². The number of carbonyl (C=O) groups excluding carboxylic acids is 3. The van der Waals surface area contributed by atoms with Crippen LogP contribution in [0.15, 0.2) is 24.3 Å². The summed E-state index contributed by atoms with van der Waals surface area (Å²) >= 11 is 0. The van der Waals surface area contributed by atoms with Crippen LogP contribution in [-0.2, 0) is 16.1 Å². The molecule has 1 spiro atoms. The van der Waals surface area contributed by atoms with Crippen LogP contribution < -0.4 is 15.6 Å². The van der Waals surface area contributed by atoms with Crippen LogP contribution in [0.25, 0.3) is 0 Å². The van der Waals surface area contributed by atoms with Crippen molar-refractivity contribution in [3.63, 3.8) is 0 Å². The van der Waals surface area contributed by atoms with E-state index in [0.717, 1.165) is 29.2 Å². The molecule has 1 unspecified atom stereocenters. The third-order valence-electron chi connectivity index (χ3n) is 5.32. The fourth-order valence-corrected chi connectivity index (χ4v) is 3.85. The van der Waals surface area contributed by atoms with E-state index in [1.807, 2.05) is 38.2 Å². The zero-order chi connectivity index (χ0) is 18.7. The monoisotopic (exact) mass is 359 g/mol. The van der Waals surface area contributed by atoms with Gasteiger partial charge in [0.25, 0.3) is 11.8 Å². The van der Waals surface area contributed by atoms with Gasteiger partial charge in [-0.25, -0.2) is 4.79 Å². The number of likely N-dealkylation sites (N-methyl/N-ethyl adjacent to an activating group) is 1. The lowest BCUT2D eigenvalue weighted by molar-refractivity contribution is -0.885. The van der Waals surface area contributed by atoms with Crippen LogP contribution in [0.4, 0.5) is 4.79 Å². The molecule has 0 radical (unpaired) electrons. The Hall–Kier alpha value is -2.41. The number of hydrazine groups is 1. The smallest absolute Gasteiger partial charge is 0.326 e. The Morgan fingerprint density at radius 1 is 1.23 bits per heavy atom. The Bertz CT molecular complexity index is 712. The van der Waals surface area contributed by atoms with Crippen molar-refractivity contribution in [3.8, 4) is 0 Å². The number of amides is 4. The van der Waals surface area contributed by atoms with Gasteiger partial charge in [-0.1, -0.05) is 43.5 Å². The molecule has 7 heteroatoms. The Morgan fingerprint density at radius 2 is 1.92 bits per heavy atom. The number of nitrogens with one attached hydrogen (secondary N) is 3. The summed E-state index contributed by atoms with van der Waals surface area (Å²) in [6, 6.07) is 7.52. The molecule has 1 heterocycles. The molecular weight excluding hydrogens is 332 g/mol. The highest BCUT2D eigenvalue weighted by atomic mass is 16.2. The van der Waals surface area contributed by atoms with Gasteiger partial charge < -0.3 is 10.2 Å². The number of benzene rings is 1. The molecule has 3 rings (SSSR count). The highest BCUT2D eigenvalue weighted by molar-refractivity contribution is 6.08. The molecule has 1 saturated carbocycles. The Morgan fingerprint density at radius 3 is 2.62 bits per heavy atom. The predicted octanol–water partition coefficient (Wildman–Crippen LogP) is 0.296. The van der Waals surface area contributed by atoms with E-state index in [-0.39, 0.29) is 18.4 Å². The summed E-state index contributed by atoms with van der Waals surface area (Å²) in [6.45, 7) is 2.92. The van der Waals surface area contributed by atoms with Gasteiger partial charge in [0.15, 0.2) is 6.54 Å². The number of urea groups is 1. The summed E-state index contributed by atoms with van der Waals surface area (Å²) in [5, 5.41) is 3.66. The number of aryl methyl sites for hydroxylation is 1. The van der Waals surface area contributed by atoms with Crippen LogP contribution in [0.5, 0.6) is 0 Å². The molecule has 26 heavy (non-hydrogen) atoms. The molecule has 2 fully saturated rings. The fraction of sp³-hybridized carbons (Fsp3) is 0.526. The molecule has 1 aliphatic heterocycles. The number of carbonyl (C=O) groups is 3. The van der Waals surface area contributed by atoms with E-state index in [1.54, 1.807) is 0 Å². The summed E-state index contributed by atoms with van der Waals surface area (Å²) in [7, 11) is 1.92. The van der Waals surface area contributed by atoms with Crippen LogP contribution in [0.3, 0.4) is 0 Å². The summed E-state index contributed by atoms with van der Waals surface area (Å²) in [5.41, 5.74) is 4.03.